The summed E-state index contributed by atoms with van der Waals surface area (Å²) in [6.45, 7) is 3.50. The number of piperazine rings is 1. The third kappa shape index (κ3) is 6.07. The fourth-order valence-corrected chi connectivity index (χ4v) is 4.26. The Kier molecular flexibility index (Phi) is 7.51. The van der Waals surface area contributed by atoms with E-state index in [-0.39, 0.29) is 11.7 Å². The molecule has 1 aliphatic rings. The van der Waals surface area contributed by atoms with Gasteiger partial charge in [-0.3, -0.25) is 4.79 Å². The quantitative estimate of drug-likeness (QED) is 0.400. The number of nitrogens with one attached hydrogen (secondary N) is 1. The molecule has 2 heterocycles. The van der Waals surface area contributed by atoms with Crippen LogP contribution in [0.2, 0.25) is 0 Å². The average molecular weight is 466 g/mol. The number of nitrogens with zero attached hydrogens (tertiary/aromatic N) is 4. The number of ether oxygens (including phenoxy) is 2. The zero-order valence-electron chi connectivity index (χ0n) is 18.7. The second kappa shape index (κ2) is 10.9. The molecule has 0 spiro atoms. The van der Waals surface area contributed by atoms with Gasteiger partial charge in [0.1, 0.15) is 28.7 Å². The molecular formula is C24H27N5O3S. The molecule has 4 rings (SSSR count). The molecule has 9 heteroatoms. The molecule has 1 amide bonds. The zero-order chi connectivity index (χ0) is 23.0. The summed E-state index contributed by atoms with van der Waals surface area (Å²) in [7, 11) is 3.30. The summed E-state index contributed by atoms with van der Waals surface area (Å²) in [6, 6.07) is 17.3. The van der Waals surface area contributed by atoms with Crippen molar-refractivity contribution in [3.63, 3.8) is 0 Å². The van der Waals surface area contributed by atoms with E-state index in [0.717, 1.165) is 59.9 Å². The van der Waals surface area contributed by atoms with Gasteiger partial charge in [0.25, 0.3) is 0 Å². The molecular weight excluding hydrogens is 438 g/mol. The summed E-state index contributed by atoms with van der Waals surface area (Å²) in [5, 5.41) is 3.66. The van der Waals surface area contributed by atoms with Crippen LogP contribution in [0.4, 0.5) is 17.2 Å². The molecule has 8 nitrogen and oxygen atoms in total. The summed E-state index contributed by atoms with van der Waals surface area (Å²) >= 11 is 1.40. The molecule has 0 radical (unpaired) electrons. The number of rotatable bonds is 8. The van der Waals surface area contributed by atoms with E-state index in [1.807, 2.05) is 42.5 Å². The number of methoxy groups -OCH3 is 2. The van der Waals surface area contributed by atoms with Crippen molar-refractivity contribution in [1.82, 2.24) is 9.97 Å². The van der Waals surface area contributed by atoms with Gasteiger partial charge in [-0.25, -0.2) is 9.97 Å². The maximum atomic E-state index is 12.3. The summed E-state index contributed by atoms with van der Waals surface area (Å²) < 4.78 is 10.5. The smallest absolute Gasteiger partial charge is 0.234 e. The molecule has 1 N–H and O–H groups in total. The van der Waals surface area contributed by atoms with Crippen molar-refractivity contribution in [2.75, 3.05) is 61.3 Å². The van der Waals surface area contributed by atoms with Crippen LogP contribution in [-0.4, -0.2) is 62.0 Å². The molecule has 0 aliphatic carbocycles. The molecule has 1 aromatic heterocycles. The van der Waals surface area contributed by atoms with Crippen molar-refractivity contribution in [3.05, 3.63) is 60.9 Å². The van der Waals surface area contributed by atoms with E-state index >= 15 is 0 Å². The number of carbonyl (C=O) groups is 1. The molecule has 1 fully saturated rings. The van der Waals surface area contributed by atoms with Crippen molar-refractivity contribution in [3.8, 4) is 11.5 Å². The van der Waals surface area contributed by atoms with Gasteiger partial charge in [-0.15, -0.1) is 0 Å². The molecule has 2 aromatic carbocycles. The van der Waals surface area contributed by atoms with E-state index in [9.17, 15) is 4.79 Å². The third-order valence-corrected chi connectivity index (χ3v) is 6.30. The maximum Gasteiger partial charge on any atom is 0.234 e. The van der Waals surface area contributed by atoms with Crippen LogP contribution in [0.25, 0.3) is 0 Å². The molecule has 3 aromatic rings. The Balaban J connectivity index is 1.29. The molecule has 33 heavy (non-hydrogen) atoms. The van der Waals surface area contributed by atoms with E-state index < -0.39 is 0 Å². The highest BCUT2D eigenvalue weighted by Gasteiger charge is 2.19. The Morgan fingerprint density at radius 2 is 1.67 bits per heavy atom. The summed E-state index contributed by atoms with van der Waals surface area (Å²) in [4.78, 5) is 25.7. The van der Waals surface area contributed by atoms with Crippen LogP contribution in [0.5, 0.6) is 11.5 Å². The van der Waals surface area contributed by atoms with Crippen LogP contribution in [0.1, 0.15) is 0 Å². The minimum atomic E-state index is -0.0859. The molecule has 0 bridgehead atoms. The van der Waals surface area contributed by atoms with Gasteiger partial charge < -0.3 is 24.6 Å². The first-order chi connectivity index (χ1) is 16.1. The number of amides is 1. The number of benzene rings is 2. The fourth-order valence-electron chi connectivity index (χ4n) is 3.59. The predicted octanol–water partition coefficient (Wildman–Crippen LogP) is 3.55. The second-order valence-electron chi connectivity index (χ2n) is 7.46. The minimum Gasteiger partial charge on any atom is -0.497 e. The number of aromatic nitrogens is 2. The Hall–Kier alpha value is -3.46. The largest absolute Gasteiger partial charge is 0.497 e. The zero-order valence-corrected chi connectivity index (χ0v) is 19.5. The van der Waals surface area contributed by atoms with Gasteiger partial charge in [-0.05, 0) is 36.4 Å². The lowest BCUT2D eigenvalue weighted by atomic mass is 10.2. The second-order valence-corrected chi connectivity index (χ2v) is 8.45. The Bertz CT molecular complexity index is 1070. The van der Waals surface area contributed by atoms with Crippen LogP contribution in [-0.2, 0) is 4.79 Å². The lowest BCUT2D eigenvalue weighted by molar-refractivity contribution is -0.113. The molecule has 1 saturated heterocycles. The van der Waals surface area contributed by atoms with Crippen molar-refractivity contribution in [2.45, 2.75) is 5.03 Å². The highest BCUT2D eigenvalue weighted by molar-refractivity contribution is 7.99. The topological polar surface area (TPSA) is 79.8 Å². The summed E-state index contributed by atoms with van der Waals surface area (Å²) in [5.74, 6) is 2.68. The predicted molar refractivity (Wildman–Crippen MR) is 132 cm³/mol. The Morgan fingerprint density at radius 1 is 0.939 bits per heavy atom. The van der Waals surface area contributed by atoms with Gasteiger partial charge in [0, 0.05) is 49.7 Å². The van der Waals surface area contributed by atoms with Gasteiger partial charge in [0.2, 0.25) is 5.91 Å². The first kappa shape index (κ1) is 22.7. The van der Waals surface area contributed by atoms with Gasteiger partial charge in [0.15, 0.2) is 0 Å². The Labute approximate surface area is 197 Å². The number of hydrogen-bond acceptors (Lipinski definition) is 8. The van der Waals surface area contributed by atoms with Gasteiger partial charge >= 0.3 is 0 Å². The highest BCUT2D eigenvalue weighted by atomic mass is 32.2. The average Bonchev–Trinajstić information content (AvgIpc) is 2.88. The SMILES string of the molecule is COc1ccc(NC(=O)CSc2cc(N3CCN(c4cccc(OC)c4)CC3)ncn2)cc1. The van der Waals surface area contributed by atoms with Crippen molar-refractivity contribution < 1.29 is 14.3 Å². The summed E-state index contributed by atoms with van der Waals surface area (Å²) in [5.41, 5.74) is 1.90. The van der Waals surface area contributed by atoms with Crippen LogP contribution in [0.3, 0.4) is 0 Å². The fraction of sp³-hybridized carbons (Fsp3) is 0.292. The molecule has 0 atom stereocenters. The van der Waals surface area contributed by atoms with E-state index in [1.54, 1.807) is 20.5 Å². The third-order valence-electron chi connectivity index (χ3n) is 5.37. The standard InChI is InChI=1S/C24H27N5O3S/c1-31-20-8-6-18(7-9-20)27-23(30)16-33-24-15-22(25-17-26-24)29-12-10-28(11-13-29)19-4-3-5-21(14-19)32-2/h3-9,14-15,17H,10-13,16H2,1-2H3,(H,27,30). The van der Waals surface area contributed by atoms with Gasteiger partial charge in [-0.1, -0.05) is 17.8 Å². The molecule has 0 saturated carbocycles. The Morgan fingerprint density at radius 3 is 2.39 bits per heavy atom. The van der Waals surface area contributed by atoms with E-state index in [2.05, 4.69) is 37.2 Å². The van der Waals surface area contributed by atoms with Crippen molar-refractivity contribution >= 4 is 34.9 Å². The van der Waals surface area contributed by atoms with Crippen LogP contribution >= 0.6 is 11.8 Å². The van der Waals surface area contributed by atoms with Gasteiger partial charge in [0.05, 0.1) is 20.0 Å². The van der Waals surface area contributed by atoms with E-state index in [1.165, 1.54) is 11.8 Å². The molecule has 0 unspecified atom stereocenters. The first-order valence-electron chi connectivity index (χ1n) is 10.7. The normalized spacial score (nSPS) is 13.5. The maximum absolute atomic E-state index is 12.3. The highest BCUT2D eigenvalue weighted by Crippen LogP contribution is 2.25. The van der Waals surface area contributed by atoms with Gasteiger partial charge in [-0.2, -0.15) is 0 Å². The minimum absolute atomic E-state index is 0.0859. The van der Waals surface area contributed by atoms with Crippen LogP contribution in [0.15, 0.2) is 66.0 Å². The monoisotopic (exact) mass is 465 g/mol. The van der Waals surface area contributed by atoms with Crippen molar-refractivity contribution in [2.24, 2.45) is 0 Å². The van der Waals surface area contributed by atoms with Crippen LogP contribution in [0, 0.1) is 0 Å². The molecule has 172 valence electrons. The van der Waals surface area contributed by atoms with Crippen LogP contribution < -0.4 is 24.6 Å². The lowest BCUT2D eigenvalue weighted by Gasteiger charge is -2.36. The number of anilines is 3. The van der Waals surface area contributed by atoms with E-state index in [0.29, 0.717) is 0 Å². The summed E-state index contributed by atoms with van der Waals surface area (Å²) in [6.07, 6.45) is 1.56. The number of thioether (sulfide) groups is 1. The lowest BCUT2D eigenvalue weighted by Crippen LogP contribution is -2.46. The molecule has 1 aliphatic heterocycles. The number of carbonyl (C=O) groups excluding carboxylic acids is 1. The van der Waals surface area contributed by atoms with Crippen molar-refractivity contribution in [1.29, 1.82) is 0 Å². The van der Waals surface area contributed by atoms with E-state index in [4.69, 9.17) is 9.47 Å². The number of hydrogen-bond donors (Lipinski definition) is 1. The first-order valence-corrected chi connectivity index (χ1v) is 11.7.